The number of halogens is 1. The minimum absolute atomic E-state index is 0.0908. The first-order valence-electron chi connectivity index (χ1n) is 8.59. The summed E-state index contributed by atoms with van der Waals surface area (Å²) in [6.07, 6.45) is 0. The van der Waals surface area contributed by atoms with Gasteiger partial charge in [0, 0.05) is 43.3 Å². The van der Waals surface area contributed by atoms with Crippen molar-refractivity contribution in [3.8, 4) is 0 Å². The minimum atomic E-state index is -3.59. The molecule has 7 nitrogen and oxygen atoms in total. The van der Waals surface area contributed by atoms with Crippen LogP contribution in [0.4, 0.5) is 0 Å². The fourth-order valence-electron chi connectivity index (χ4n) is 3.04. The molecule has 148 valence electrons. The number of nitrogens with one attached hydrogen (secondary N) is 1. The molecule has 1 aliphatic heterocycles. The fraction of sp³-hybridized carbons (Fsp3) is 0.263. The van der Waals surface area contributed by atoms with E-state index >= 15 is 0 Å². The van der Waals surface area contributed by atoms with Crippen LogP contribution in [-0.2, 0) is 14.8 Å². The largest absolute Gasteiger partial charge is 0.352 e. The van der Waals surface area contributed by atoms with Crippen LogP contribution in [-0.4, -0.2) is 56.6 Å². The topological polar surface area (TPSA) is 86.8 Å². The smallest absolute Gasteiger partial charge is 0.254 e. The molecular formula is C19H20ClN3O4S. The summed E-state index contributed by atoms with van der Waals surface area (Å²) in [6, 6.07) is 11.7. The lowest BCUT2D eigenvalue weighted by atomic mass is 10.0. The van der Waals surface area contributed by atoms with Gasteiger partial charge in [-0.1, -0.05) is 29.8 Å². The van der Waals surface area contributed by atoms with E-state index in [0.29, 0.717) is 29.2 Å². The van der Waals surface area contributed by atoms with Gasteiger partial charge in [0.2, 0.25) is 15.9 Å². The van der Waals surface area contributed by atoms with Crippen molar-refractivity contribution in [1.82, 2.24) is 14.5 Å². The van der Waals surface area contributed by atoms with Crippen molar-refractivity contribution in [2.75, 3.05) is 27.2 Å². The van der Waals surface area contributed by atoms with Crippen molar-refractivity contribution in [3.05, 3.63) is 64.7 Å². The van der Waals surface area contributed by atoms with Gasteiger partial charge in [0.1, 0.15) is 6.04 Å². The number of carbonyl (C=O) groups excluding carboxylic acids is 2. The summed E-state index contributed by atoms with van der Waals surface area (Å²) in [7, 11) is -0.707. The first-order chi connectivity index (χ1) is 13.2. The van der Waals surface area contributed by atoms with Crippen LogP contribution >= 0.6 is 11.6 Å². The Morgan fingerprint density at radius 2 is 1.79 bits per heavy atom. The maximum absolute atomic E-state index is 13.1. The molecule has 1 saturated heterocycles. The monoisotopic (exact) mass is 421 g/mol. The molecule has 1 fully saturated rings. The van der Waals surface area contributed by atoms with Gasteiger partial charge in [0.25, 0.3) is 5.91 Å². The molecular weight excluding hydrogens is 402 g/mol. The Labute approximate surface area is 168 Å². The zero-order chi connectivity index (χ0) is 20.5. The summed E-state index contributed by atoms with van der Waals surface area (Å²) in [5.74, 6) is -0.673. The van der Waals surface area contributed by atoms with Crippen LogP contribution in [0.3, 0.4) is 0 Å². The quantitative estimate of drug-likeness (QED) is 0.816. The van der Waals surface area contributed by atoms with E-state index in [2.05, 4.69) is 5.32 Å². The third-order valence-corrected chi connectivity index (χ3v) is 6.73. The summed E-state index contributed by atoms with van der Waals surface area (Å²) in [4.78, 5) is 27.1. The number of piperazine rings is 1. The zero-order valence-corrected chi connectivity index (χ0v) is 17.0. The van der Waals surface area contributed by atoms with Crippen LogP contribution in [0.1, 0.15) is 22.0 Å². The average molecular weight is 422 g/mol. The highest BCUT2D eigenvalue weighted by Gasteiger charge is 2.36. The Bertz CT molecular complexity index is 1010. The second-order valence-corrected chi connectivity index (χ2v) is 9.08. The Morgan fingerprint density at radius 3 is 2.39 bits per heavy atom. The molecule has 2 aromatic rings. The van der Waals surface area contributed by atoms with Gasteiger partial charge in [-0.2, -0.15) is 0 Å². The maximum atomic E-state index is 13.1. The third kappa shape index (κ3) is 3.76. The molecule has 0 spiro atoms. The molecule has 1 heterocycles. The molecule has 1 N–H and O–H groups in total. The second-order valence-electron chi connectivity index (χ2n) is 6.53. The molecule has 0 aromatic heterocycles. The van der Waals surface area contributed by atoms with Crippen LogP contribution in [0.5, 0.6) is 0 Å². The summed E-state index contributed by atoms with van der Waals surface area (Å²) in [6.45, 7) is 0.650. The second kappa shape index (κ2) is 7.90. The zero-order valence-electron chi connectivity index (χ0n) is 15.4. The first-order valence-corrected chi connectivity index (χ1v) is 10.4. The standard InChI is InChI=1S/C19H20ClN3O4S/c1-22(2)28(26,27)14-9-7-13(8-10-14)19(25)23-12-11-21-18(24)17(23)15-5-3-4-6-16(15)20/h3-10,17H,11-12H2,1-2H3,(H,21,24). The molecule has 0 bridgehead atoms. The lowest BCUT2D eigenvalue weighted by molar-refractivity contribution is -0.128. The number of benzene rings is 2. The highest BCUT2D eigenvalue weighted by atomic mass is 35.5. The predicted molar refractivity (Wildman–Crippen MR) is 106 cm³/mol. The van der Waals surface area contributed by atoms with E-state index in [4.69, 9.17) is 11.6 Å². The number of amides is 2. The third-order valence-electron chi connectivity index (χ3n) is 4.55. The Balaban J connectivity index is 1.94. The number of hydrogen-bond donors (Lipinski definition) is 1. The Kier molecular flexibility index (Phi) is 5.74. The van der Waals surface area contributed by atoms with Gasteiger partial charge in [0.05, 0.1) is 4.90 Å². The Hall–Kier alpha value is -2.42. The van der Waals surface area contributed by atoms with Crippen molar-refractivity contribution < 1.29 is 18.0 Å². The molecule has 2 amide bonds. The molecule has 0 radical (unpaired) electrons. The van der Waals surface area contributed by atoms with Gasteiger partial charge >= 0.3 is 0 Å². The fourth-order valence-corrected chi connectivity index (χ4v) is 4.18. The highest BCUT2D eigenvalue weighted by molar-refractivity contribution is 7.89. The normalized spacial score (nSPS) is 17.5. The number of sulfonamides is 1. The lowest BCUT2D eigenvalue weighted by Crippen LogP contribution is -2.52. The average Bonchev–Trinajstić information content (AvgIpc) is 2.68. The molecule has 1 aliphatic rings. The van der Waals surface area contributed by atoms with Crippen LogP contribution in [0.2, 0.25) is 5.02 Å². The van der Waals surface area contributed by atoms with Crippen LogP contribution < -0.4 is 5.32 Å². The molecule has 0 saturated carbocycles. The minimum Gasteiger partial charge on any atom is -0.352 e. The van der Waals surface area contributed by atoms with E-state index in [1.54, 1.807) is 24.3 Å². The molecule has 1 unspecified atom stereocenters. The van der Waals surface area contributed by atoms with Gasteiger partial charge in [-0.25, -0.2) is 12.7 Å². The number of rotatable bonds is 4. The van der Waals surface area contributed by atoms with Gasteiger partial charge in [-0.3, -0.25) is 9.59 Å². The van der Waals surface area contributed by atoms with E-state index in [9.17, 15) is 18.0 Å². The number of nitrogens with zero attached hydrogens (tertiary/aromatic N) is 2. The summed E-state index contributed by atoms with van der Waals surface area (Å²) in [5.41, 5.74) is 0.839. The van der Waals surface area contributed by atoms with Crippen molar-refractivity contribution in [3.63, 3.8) is 0 Å². The van der Waals surface area contributed by atoms with Crippen LogP contribution in [0.25, 0.3) is 0 Å². The summed E-state index contributed by atoms with van der Waals surface area (Å²) < 4.78 is 25.5. The molecule has 9 heteroatoms. The summed E-state index contributed by atoms with van der Waals surface area (Å²) >= 11 is 6.25. The van der Waals surface area contributed by atoms with Crippen molar-refractivity contribution in [2.24, 2.45) is 0 Å². The van der Waals surface area contributed by atoms with Gasteiger partial charge in [0.15, 0.2) is 0 Å². The van der Waals surface area contributed by atoms with E-state index in [0.717, 1.165) is 4.31 Å². The number of carbonyl (C=O) groups is 2. The summed E-state index contributed by atoms with van der Waals surface area (Å²) in [5, 5.41) is 3.16. The molecule has 1 atom stereocenters. The predicted octanol–water partition coefficient (Wildman–Crippen LogP) is 1.90. The highest BCUT2D eigenvalue weighted by Crippen LogP contribution is 2.30. The molecule has 0 aliphatic carbocycles. The van der Waals surface area contributed by atoms with Gasteiger partial charge in [-0.05, 0) is 30.3 Å². The van der Waals surface area contributed by atoms with Gasteiger partial charge < -0.3 is 10.2 Å². The lowest BCUT2D eigenvalue weighted by Gasteiger charge is -2.35. The maximum Gasteiger partial charge on any atom is 0.254 e. The van der Waals surface area contributed by atoms with E-state index in [-0.39, 0.29) is 16.7 Å². The SMILES string of the molecule is CN(C)S(=O)(=O)c1ccc(C(=O)N2CCNC(=O)C2c2ccccc2Cl)cc1. The first kappa shape index (κ1) is 20.3. The van der Waals surface area contributed by atoms with Crippen molar-refractivity contribution >= 4 is 33.4 Å². The molecule has 28 heavy (non-hydrogen) atoms. The van der Waals surface area contributed by atoms with Crippen LogP contribution in [0.15, 0.2) is 53.4 Å². The van der Waals surface area contributed by atoms with Crippen molar-refractivity contribution in [2.45, 2.75) is 10.9 Å². The van der Waals surface area contributed by atoms with E-state index in [1.165, 1.54) is 43.3 Å². The molecule has 2 aromatic carbocycles. The van der Waals surface area contributed by atoms with Crippen LogP contribution in [0, 0.1) is 0 Å². The van der Waals surface area contributed by atoms with E-state index < -0.39 is 16.1 Å². The Morgan fingerprint density at radius 1 is 1.14 bits per heavy atom. The molecule has 3 rings (SSSR count). The van der Waals surface area contributed by atoms with Gasteiger partial charge in [-0.15, -0.1) is 0 Å². The van der Waals surface area contributed by atoms with Crippen molar-refractivity contribution in [1.29, 1.82) is 0 Å². The van der Waals surface area contributed by atoms with E-state index in [1.807, 2.05) is 0 Å². The number of hydrogen-bond acceptors (Lipinski definition) is 4.